The number of carbonyl (C=O) groups is 1. The molecular formula is C12H14BrNO4. The smallest absolute Gasteiger partial charge is 0.305 e. The van der Waals surface area contributed by atoms with Crippen molar-refractivity contribution in [3.05, 3.63) is 21.7 Å². The maximum Gasteiger partial charge on any atom is 0.305 e. The molecule has 1 aliphatic rings. The summed E-state index contributed by atoms with van der Waals surface area (Å²) in [5, 5.41) is 8.80. The van der Waals surface area contributed by atoms with Crippen LogP contribution in [0.1, 0.15) is 23.6 Å². The van der Waals surface area contributed by atoms with Gasteiger partial charge in [-0.15, -0.1) is 0 Å². The summed E-state index contributed by atoms with van der Waals surface area (Å²) in [5.74, 6) is 0.340. The highest BCUT2D eigenvalue weighted by Crippen LogP contribution is 2.42. The summed E-state index contributed by atoms with van der Waals surface area (Å²) >= 11 is 3.44. The van der Waals surface area contributed by atoms with Crippen molar-refractivity contribution in [2.24, 2.45) is 5.73 Å². The third kappa shape index (κ3) is 2.44. The Kier molecular flexibility index (Phi) is 3.77. The molecule has 1 atom stereocenters. The molecule has 0 saturated carbocycles. The molecule has 0 saturated heterocycles. The lowest BCUT2D eigenvalue weighted by Crippen LogP contribution is -2.20. The predicted octanol–water partition coefficient (Wildman–Crippen LogP) is 2.00. The minimum Gasteiger partial charge on any atom is -0.486 e. The lowest BCUT2D eigenvalue weighted by molar-refractivity contribution is -0.137. The fraction of sp³-hybridized carbons (Fsp3) is 0.417. The molecule has 0 fully saturated rings. The molecule has 0 aliphatic carbocycles. The number of aliphatic carboxylic acids is 1. The lowest BCUT2D eigenvalue weighted by atomic mass is 9.98. The second kappa shape index (κ2) is 5.16. The van der Waals surface area contributed by atoms with Crippen LogP contribution in [-0.2, 0) is 4.79 Å². The van der Waals surface area contributed by atoms with Gasteiger partial charge < -0.3 is 20.3 Å². The van der Waals surface area contributed by atoms with E-state index in [2.05, 4.69) is 15.9 Å². The van der Waals surface area contributed by atoms with Crippen molar-refractivity contribution in [2.75, 3.05) is 13.2 Å². The van der Waals surface area contributed by atoms with Crippen molar-refractivity contribution < 1.29 is 19.4 Å². The first-order valence-electron chi connectivity index (χ1n) is 5.56. The van der Waals surface area contributed by atoms with E-state index in [9.17, 15) is 4.79 Å². The van der Waals surface area contributed by atoms with E-state index in [1.807, 2.05) is 6.92 Å². The van der Waals surface area contributed by atoms with Crippen LogP contribution in [0.5, 0.6) is 11.5 Å². The number of fused-ring (bicyclic) bond motifs is 1. The molecule has 1 unspecified atom stereocenters. The van der Waals surface area contributed by atoms with Gasteiger partial charge in [0.1, 0.15) is 13.2 Å². The summed E-state index contributed by atoms with van der Waals surface area (Å²) in [6.07, 6.45) is -0.118. The Labute approximate surface area is 113 Å². The lowest BCUT2D eigenvalue weighted by Gasteiger charge is -2.23. The molecule has 3 N–H and O–H groups in total. The van der Waals surface area contributed by atoms with Gasteiger partial charge in [-0.05, 0) is 40.0 Å². The molecule has 0 amide bonds. The SMILES string of the molecule is Cc1c(C(N)CC(=O)O)cc2c(c1Br)OCCO2. The summed E-state index contributed by atoms with van der Waals surface area (Å²) in [7, 11) is 0. The van der Waals surface area contributed by atoms with Crippen molar-refractivity contribution in [2.45, 2.75) is 19.4 Å². The van der Waals surface area contributed by atoms with Crippen molar-refractivity contribution in [1.82, 2.24) is 0 Å². The molecule has 0 bridgehead atoms. The second-order valence-corrected chi connectivity index (χ2v) is 4.93. The quantitative estimate of drug-likeness (QED) is 0.891. The molecule has 1 aromatic rings. The minimum absolute atomic E-state index is 0.118. The normalized spacial score (nSPS) is 15.3. The van der Waals surface area contributed by atoms with Gasteiger partial charge in [-0.25, -0.2) is 0 Å². The number of hydrogen-bond donors (Lipinski definition) is 2. The highest BCUT2D eigenvalue weighted by Gasteiger charge is 2.23. The monoisotopic (exact) mass is 315 g/mol. The number of carboxylic acids is 1. The first-order chi connectivity index (χ1) is 8.50. The Morgan fingerprint density at radius 2 is 2.22 bits per heavy atom. The summed E-state index contributed by atoms with van der Waals surface area (Å²) < 4.78 is 11.8. The number of hydrogen-bond acceptors (Lipinski definition) is 4. The third-order valence-electron chi connectivity index (χ3n) is 2.85. The number of nitrogens with two attached hydrogens (primary N) is 1. The maximum absolute atomic E-state index is 10.7. The molecule has 0 radical (unpaired) electrons. The van der Waals surface area contributed by atoms with Crippen molar-refractivity contribution in [3.8, 4) is 11.5 Å². The van der Waals surface area contributed by atoms with E-state index in [1.54, 1.807) is 6.07 Å². The van der Waals surface area contributed by atoms with E-state index < -0.39 is 12.0 Å². The summed E-state index contributed by atoms with van der Waals surface area (Å²) in [4.78, 5) is 10.7. The van der Waals surface area contributed by atoms with E-state index in [1.165, 1.54) is 0 Å². The predicted molar refractivity (Wildman–Crippen MR) is 69.1 cm³/mol. The van der Waals surface area contributed by atoms with E-state index in [0.29, 0.717) is 24.7 Å². The van der Waals surface area contributed by atoms with E-state index in [-0.39, 0.29) is 6.42 Å². The number of benzene rings is 1. The largest absolute Gasteiger partial charge is 0.486 e. The zero-order valence-electron chi connectivity index (χ0n) is 9.90. The molecule has 5 nitrogen and oxygen atoms in total. The molecule has 1 aromatic carbocycles. The van der Waals surface area contributed by atoms with Crippen LogP contribution < -0.4 is 15.2 Å². The van der Waals surface area contributed by atoms with Crippen LogP contribution in [0.3, 0.4) is 0 Å². The molecule has 0 spiro atoms. The molecule has 2 rings (SSSR count). The summed E-state index contributed by atoms with van der Waals surface area (Å²) in [5.41, 5.74) is 7.54. The molecule has 6 heteroatoms. The Balaban J connectivity index is 2.42. The molecule has 1 heterocycles. The topological polar surface area (TPSA) is 81.8 Å². The second-order valence-electron chi connectivity index (χ2n) is 4.13. The van der Waals surface area contributed by atoms with Crippen LogP contribution in [0.25, 0.3) is 0 Å². The van der Waals surface area contributed by atoms with Gasteiger partial charge in [-0.3, -0.25) is 4.79 Å². The number of halogens is 1. The van der Waals surface area contributed by atoms with Crippen molar-refractivity contribution in [1.29, 1.82) is 0 Å². The first-order valence-corrected chi connectivity index (χ1v) is 6.36. The fourth-order valence-corrected chi connectivity index (χ4v) is 2.48. The van der Waals surface area contributed by atoms with Gasteiger partial charge in [0.2, 0.25) is 0 Å². The van der Waals surface area contributed by atoms with E-state index in [4.69, 9.17) is 20.3 Å². The summed E-state index contributed by atoms with van der Waals surface area (Å²) in [6.45, 7) is 2.86. The van der Waals surface area contributed by atoms with E-state index in [0.717, 1.165) is 15.6 Å². The van der Waals surface area contributed by atoms with Crippen molar-refractivity contribution >= 4 is 21.9 Å². The standard InChI is InChI=1S/C12H14BrNO4/c1-6-7(8(14)5-10(15)16)4-9-12(11(6)13)18-3-2-17-9/h4,8H,2-3,5,14H2,1H3,(H,15,16). The van der Waals surface area contributed by atoms with Gasteiger partial charge in [-0.2, -0.15) is 0 Å². The minimum atomic E-state index is -0.923. The Morgan fingerprint density at radius 3 is 2.89 bits per heavy atom. The van der Waals surface area contributed by atoms with Gasteiger partial charge in [0, 0.05) is 6.04 Å². The third-order valence-corrected chi connectivity index (χ3v) is 3.81. The van der Waals surface area contributed by atoms with Crippen LogP contribution in [0.4, 0.5) is 0 Å². The Bertz CT molecular complexity index is 489. The molecule has 18 heavy (non-hydrogen) atoms. The summed E-state index contributed by atoms with van der Waals surface area (Å²) in [6, 6.07) is 1.21. The Hall–Kier alpha value is -1.27. The molecule has 0 aromatic heterocycles. The number of carboxylic acid groups (broad SMARTS) is 1. The van der Waals surface area contributed by atoms with Gasteiger partial charge in [0.25, 0.3) is 0 Å². The Morgan fingerprint density at radius 1 is 1.56 bits per heavy atom. The van der Waals surface area contributed by atoms with Crippen molar-refractivity contribution in [3.63, 3.8) is 0 Å². The first kappa shape index (κ1) is 13.2. The molecular weight excluding hydrogens is 302 g/mol. The van der Waals surface area contributed by atoms with Gasteiger partial charge in [0.15, 0.2) is 11.5 Å². The van der Waals surface area contributed by atoms with Crippen LogP contribution in [0, 0.1) is 6.92 Å². The zero-order valence-corrected chi connectivity index (χ0v) is 11.5. The number of rotatable bonds is 3. The molecule has 1 aliphatic heterocycles. The van der Waals surface area contributed by atoms with Crippen LogP contribution in [0.2, 0.25) is 0 Å². The fourth-order valence-electron chi connectivity index (χ4n) is 1.94. The number of ether oxygens (including phenoxy) is 2. The van der Waals surface area contributed by atoms with E-state index >= 15 is 0 Å². The zero-order chi connectivity index (χ0) is 13.3. The van der Waals surface area contributed by atoms with Crippen LogP contribution in [0.15, 0.2) is 10.5 Å². The van der Waals surface area contributed by atoms with Gasteiger partial charge in [0.05, 0.1) is 10.9 Å². The highest BCUT2D eigenvalue weighted by molar-refractivity contribution is 9.10. The van der Waals surface area contributed by atoms with Crippen LogP contribution >= 0.6 is 15.9 Å². The van der Waals surface area contributed by atoms with Gasteiger partial charge in [-0.1, -0.05) is 0 Å². The van der Waals surface area contributed by atoms with Crippen LogP contribution in [-0.4, -0.2) is 24.3 Å². The average molecular weight is 316 g/mol. The average Bonchev–Trinajstić information content (AvgIpc) is 2.33. The van der Waals surface area contributed by atoms with Gasteiger partial charge >= 0.3 is 5.97 Å². The highest BCUT2D eigenvalue weighted by atomic mass is 79.9. The maximum atomic E-state index is 10.7. The molecule has 98 valence electrons.